The number of carbonyl (C=O) groups is 1. The maximum Gasteiger partial charge on any atom is 0.573 e. The van der Waals surface area contributed by atoms with Crippen LogP contribution in [0.25, 0.3) is 11.4 Å². The summed E-state index contributed by atoms with van der Waals surface area (Å²) in [4.78, 5) is 18.5. The summed E-state index contributed by atoms with van der Waals surface area (Å²) >= 11 is 0. The molecular weight excluding hydrogens is 399 g/mol. The lowest BCUT2D eigenvalue weighted by Gasteiger charge is -2.22. The molecule has 1 unspecified atom stereocenters. The Labute approximate surface area is 170 Å². The van der Waals surface area contributed by atoms with Gasteiger partial charge in [-0.3, -0.25) is 4.79 Å². The number of amides is 1. The highest BCUT2D eigenvalue weighted by Crippen LogP contribution is 2.34. The van der Waals surface area contributed by atoms with E-state index >= 15 is 0 Å². The lowest BCUT2D eigenvalue weighted by molar-refractivity contribution is -0.274. The zero-order chi connectivity index (χ0) is 21.3. The molecule has 0 N–H and O–H groups in total. The van der Waals surface area contributed by atoms with Gasteiger partial charge in [0.2, 0.25) is 17.6 Å². The zero-order valence-corrected chi connectivity index (χ0v) is 16.0. The normalized spacial score (nSPS) is 16.9. The van der Waals surface area contributed by atoms with Crippen molar-refractivity contribution in [3.05, 3.63) is 65.5 Å². The molecule has 1 amide bonds. The Balaban J connectivity index is 1.50. The molecule has 2 aromatic carbocycles. The number of carbonyl (C=O) groups excluding carboxylic acids is 1. The SMILES string of the molecule is Cc1cccc(-c2noc(C3CCC(=O)N3Cc3ccc(OC(F)(F)F)cc3)n2)c1. The van der Waals surface area contributed by atoms with Gasteiger partial charge in [-0.15, -0.1) is 13.2 Å². The molecule has 9 heteroatoms. The fraction of sp³-hybridized carbons (Fsp3) is 0.286. The molecule has 1 atom stereocenters. The number of aryl methyl sites for hydroxylation is 1. The Morgan fingerprint density at radius 2 is 1.97 bits per heavy atom. The number of halogens is 3. The van der Waals surface area contributed by atoms with E-state index in [0.717, 1.165) is 11.1 Å². The van der Waals surface area contributed by atoms with E-state index in [2.05, 4.69) is 14.9 Å². The van der Waals surface area contributed by atoms with Crippen molar-refractivity contribution in [2.45, 2.75) is 38.7 Å². The second-order valence-corrected chi connectivity index (χ2v) is 7.09. The fourth-order valence-corrected chi connectivity index (χ4v) is 3.45. The average Bonchev–Trinajstić information content (AvgIpc) is 3.30. The van der Waals surface area contributed by atoms with Crippen LogP contribution >= 0.6 is 0 Å². The van der Waals surface area contributed by atoms with Crippen molar-refractivity contribution < 1.29 is 27.2 Å². The molecule has 0 aliphatic carbocycles. The molecule has 156 valence electrons. The maximum absolute atomic E-state index is 12.4. The first-order valence-corrected chi connectivity index (χ1v) is 9.33. The Morgan fingerprint density at radius 3 is 2.67 bits per heavy atom. The van der Waals surface area contributed by atoms with E-state index in [1.54, 1.807) is 4.90 Å². The summed E-state index contributed by atoms with van der Waals surface area (Å²) in [5, 5.41) is 4.04. The molecule has 0 spiro atoms. The number of nitrogens with zero attached hydrogens (tertiary/aromatic N) is 3. The van der Waals surface area contributed by atoms with E-state index < -0.39 is 6.36 Å². The van der Waals surface area contributed by atoms with E-state index in [4.69, 9.17) is 4.52 Å². The number of ether oxygens (including phenoxy) is 1. The zero-order valence-electron chi connectivity index (χ0n) is 16.0. The monoisotopic (exact) mass is 417 g/mol. The average molecular weight is 417 g/mol. The molecular formula is C21H18F3N3O3. The maximum atomic E-state index is 12.4. The molecule has 1 fully saturated rings. The lowest BCUT2D eigenvalue weighted by atomic mass is 10.1. The second kappa shape index (κ2) is 7.81. The third kappa shape index (κ3) is 4.45. The van der Waals surface area contributed by atoms with Gasteiger partial charge in [0.1, 0.15) is 11.8 Å². The van der Waals surface area contributed by atoms with Gasteiger partial charge in [-0.05, 0) is 37.1 Å². The first-order valence-electron chi connectivity index (χ1n) is 9.33. The van der Waals surface area contributed by atoms with Crippen LogP contribution in [-0.2, 0) is 11.3 Å². The number of benzene rings is 2. The van der Waals surface area contributed by atoms with Crippen LogP contribution in [0.3, 0.4) is 0 Å². The molecule has 0 saturated carbocycles. The van der Waals surface area contributed by atoms with Gasteiger partial charge in [0.25, 0.3) is 0 Å². The lowest BCUT2D eigenvalue weighted by Crippen LogP contribution is -2.27. The van der Waals surface area contributed by atoms with E-state index in [1.165, 1.54) is 24.3 Å². The highest BCUT2D eigenvalue weighted by molar-refractivity contribution is 5.78. The molecule has 0 bridgehead atoms. The van der Waals surface area contributed by atoms with Crippen molar-refractivity contribution in [3.8, 4) is 17.1 Å². The number of rotatable bonds is 5. The topological polar surface area (TPSA) is 68.5 Å². The van der Waals surface area contributed by atoms with Crippen molar-refractivity contribution in [1.82, 2.24) is 15.0 Å². The van der Waals surface area contributed by atoms with Gasteiger partial charge in [0.05, 0.1) is 0 Å². The summed E-state index contributed by atoms with van der Waals surface area (Å²) < 4.78 is 46.2. The molecule has 1 aromatic heterocycles. The summed E-state index contributed by atoms with van der Waals surface area (Å²) in [5.74, 6) is 0.400. The highest BCUT2D eigenvalue weighted by atomic mass is 19.4. The summed E-state index contributed by atoms with van der Waals surface area (Å²) in [6.45, 7) is 2.19. The Kier molecular flexibility index (Phi) is 5.19. The van der Waals surface area contributed by atoms with E-state index in [0.29, 0.717) is 30.1 Å². The van der Waals surface area contributed by atoms with Gasteiger partial charge in [0.15, 0.2) is 0 Å². The smallest absolute Gasteiger partial charge is 0.406 e. The van der Waals surface area contributed by atoms with Gasteiger partial charge in [0, 0.05) is 18.5 Å². The predicted molar refractivity (Wildman–Crippen MR) is 100 cm³/mol. The second-order valence-electron chi connectivity index (χ2n) is 7.09. The summed E-state index contributed by atoms with van der Waals surface area (Å²) in [6.07, 6.45) is -3.88. The van der Waals surface area contributed by atoms with Gasteiger partial charge < -0.3 is 14.2 Å². The van der Waals surface area contributed by atoms with Crippen molar-refractivity contribution in [1.29, 1.82) is 0 Å². The van der Waals surface area contributed by atoms with Crippen molar-refractivity contribution >= 4 is 5.91 Å². The van der Waals surface area contributed by atoms with Gasteiger partial charge in [-0.25, -0.2) is 0 Å². The van der Waals surface area contributed by atoms with Gasteiger partial charge in [-0.2, -0.15) is 4.98 Å². The molecule has 30 heavy (non-hydrogen) atoms. The number of alkyl halides is 3. The minimum absolute atomic E-state index is 0.0778. The van der Waals surface area contributed by atoms with Crippen molar-refractivity contribution in [2.75, 3.05) is 0 Å². The van der Waals surface area contributed by atoms with Crippen LogP contribution in [-0.4, -0.2) is 27.3 Å². The number of likely N-dealkylation sites (tertiary alicyclic amines) is 1. The highest BCUT2D eigenvalue weighted by Gasteiger charge is 2.36. The Bertz CT molecular complexity index is 1050. The van der Waals surface area contributed by atoms with Crippen LogP contribution in [0.1, 0.15) is 35.9 Å². The Hall–Kier alpha value is -3.36. The third-order valence-electron chi connectivity index (χ3n) is 4.84. The van der Waals surface area contributed by atoms with Crippen molar-refractivity contribution in [3.63, 3.8) is 0 Å². The quantitative estimate of drug-likeness (QED) is 0.596. The number of hydrogen-bond acceptors (Lipinski definition) is 5. The molecule has 2 heterocycles. The van der Waals surface area contributed by atoms with Crippen LogP contribution < -0.4 is 4.74 Å². The van der Waals surface area contributed by atoms with Gasteiger partial charge in [-0.1, -0.05) is 41.1 Å². The molecule has 1 saturated heterocycles. The number of aromatic nitrogens is 2. The standard InChI is InChI=1S/C21H18F3N3O3/c1-13-3-2-4-15(11-13)19-25-20(30-26-19)17-9-10-18(28)27(17)12-14-5-7-16(8-6-14)29-21(22,23)24/h2-8,11,17H,9-10,12H2,1H3. The minimum atomic E-state index is -4.75. The van der Waals surface area contributed by atoms with Crippen LogP contribution in [0.2, 0.25) is 0 Å². The molecule has 3 aromatic rings. The van der Waals surface area contributed by atoms with Crippen LogP contribution in [0, 0.1) is 6.92 Å². The summed E-state index contributed by atoms with van der Waals surface area (Å²) in [6, 6.07) is 12.7. The summed E-state index contributed by atoms with van der Waals surface area (Å²) in [7, 11) is 0. The van der Waals surface area contributed by atoms with Crippen molar-refractivity contribution in [2.24, 2.45) is 0 Å². The summed E-state index contributed by atoms with van der Waals surface area (Å²) in [5.41, 5.74) is 2.55. The van der Waals surface area contributed by atoms with Crippen LogP contribution in [0.15, 0.2) is 53.1 Å². The Morgan fingerprint density at radius 1 is 1.20 bits per heavy atom. The van der Waals surface area contributed by atoms with Crippen LogP contribution in [0.4, 0.5) is 13.2 Å². The minimum Gasteiger partial charge on any atom is -0.406 e. The van der Waals surface area contributed by atoms with Crippen LogP contribution in [0.5, 0.6) is 5.75 Å². The molecule has 1 aliphatic rings. The predicted octanol–water partition coefficient (Wildman–Crippen LogP) is 4.81. The molecule has 4 rings (SSSR count). The molecule has 6 nitrogen and oxygen atoms in total. The first kappa shape index (κ1) is 19.9. The molecule has 0 radical (unpaired) electrons. The largest absolute Gasteiger partial charge is 0.573 e. The fourth-order valence-electron chi connectivity index (χ4n) is 3.45. The van der Waals surface area contributed by atoms with E-state index in [9.17, 15) is 18.0 Å². The third-order valence-corrected chi connectivity index (χ3v) is 4.84. The first-order chi connectivity index (χ1) is 14.3. The van der Waals surface area contributed by atoms with Gasteiger partial charge >= 0.3 is 6.36 Å². The molecule has 1 aliphatic heterocycles. The number of hydrogen-bond donors (Lipinski definition) is 0. The van der Waals surface area contributed by atoms with E-state index in [1.807, 2.05) is 31.2 Å². The van der Waals surface area contributed by atoms with E-state index in [-0.39, 0.29) is 24.2 Å².